The molecule has 0 spiro atoms. The number of carbonyl (C=O) groups excluding carboxylic acids is 3. The molecule has 0 heterocycles. The minimum absolute atomic E-state index is 0.00946. The molecule has 204 valence electrons. The van der Waals surface area contributed by atoms with Crippen LogP contribution in [0.2, 0.25) is 0 Å². The van der Waals surface area contributed by atoms with Gasteiger partial charge in [-0.3, -0.25) is 19.3 Å². The Morgan fingerprint density at radius 2 is 1.82 bits per heavy atom. The summed E-state index contributed by atoms with van der Waals surface area (Å²) in [6, 6.07) is 1.91. The fourth-order valence-corrected chi connectivity index (χ4v) is 5.84. The molecule has 38 heavy (non-hydrogen) atoms. The van der Waals surface area contributed by atoms with Gasteiger partial charge in [0.2, 0.25) is 5.78 Å². The number of nitrogens with zero attached hydrogens (tertiary/aromatic N) is 2. The second-order valence-corrected chi connectivity index (χ2v) is 11.3. The maximum atomic E-state index is 13.8. The number of aliphatic hydroxyl groups excluding tert-OH is 2. The molecule has 6 N–H and O–H groups in total. The number of Topliss-reactive ketones (excluding diaryl/α,β-unsaturated/α-hetero) is 2. The third-order valence-electron chi connectivity index (χ3n) is 7.45. The molecule has 0 saturated heterocycles. The van der Waals surface area contributed by atoms with Gasteiger partial charge in [0, 0.05) is 17.1 Å². The Hall–Kier alpha value is -3.70. The minimum Gasteiger partial charge on any atom is -0.510 e. The summed E-state index contributed by atoms with van der Waals surface area (Å²) in [4.78, 5) is 46.2. The summed E-state index contributed by atoms with van der Waals surface area (Å²) in [7, 11) is 3.16. The summed E-state index contributed by atoms with van der Waals surface area (Å²) in [6.45, 7) is 7.22. The van der Waals surface area contributed by atoms with E-state index in [1.54, 1.807) is 27.1 Å². The highest BCUT2D eigenvalue weighted by molar-refractivity contribution is 6.25. The average Bonchev–Trinajstić information content (AvgIpc) is 2.79. The van der Waals surface area contributed by atoms with Crippen LogP contribution < -0.4 is 5.73 Å². The first-order valence-electron chi connectivity index (χ1n) is 12.2. The van der Waals surface area contributed by atoms with Crippen molar-refractivity contribution in [1.29, 1.82) is 0 Å². The quantitative estimate of drug-likeness (QED) is 0.221. The van der Waals surface area contributed by atoms with Gasteiger partial charge in [-0.15, -0.1) is 0 Å². The molecule has 4 unspecified atom stereocenters. The second-order valence-electron chi connectivity index (χ2n) is 11.3. The summed E-state index contributed by atoms with van der Waals surface area (Å²) in [5.74, 6) is -6.88. The standard InChI is InChI=1S/C27H33N3O8/c1-11(29-38-26(2,3)4)13-7-8-16(31)18-14(13)9-12-10-15-20(30(5)6)22(33)19(25(28)36)24(35)27(15,37)23(34)17(12)21(18)32/h7-8,12,15,20,31,33-34,37H,9-10H2,1-6H3,(H2,28,36)/b29-11+. The third-order valence-corrected chi connectivity index (χ3v) is 7.45. The maximum Gasteiger partial charge on any atom is 0.255 e. The predicted molar refractivity (Wildman–Crippen MR) is 137 cm³/mol. The fraction of sp³-hybridized carbons (Fsp3) is 0.481. The molecule has 1 aromatic carbocycles. The highest BCUT2D eigenvalue weighted by Gasteiger charge is 2.63. The number of carbonyl (C=O) groups is 3. The van der Waals surface area contributed by atoms with Crippen molar-refractivity contribution >= 4 is 23.2 Å². The van der Waals surface area contributed by atoms with E-state index in [0.717, 1.165) is 0 Å². The maximum absolute atomic E-state index is 13.8. The third kappa shape index (κ3) is 3.97. The van der Waals surface area contributed by atoms with Crippen molar-refractivity contribution in [3.63, 3.8) is 0 Å². The molecule has 1 amide bonds. The summed E-state index contributed by atoms with van der Waals surface area (Å²) < 4.78 is 0. The van der Waals surface area contributed by atoms with E-state index in [1.807, 2.05) is 20.8 Å². The van der Waals surface area contributed by atoms with Crippen LogP contribution in [0.15, 0.2) is 40.0 Å². The van der Waals surface area contributed by atoms with Crippen molar-refractivity contribution in [3.05, 3.63) is 51.5 Å². The molecule has 0 aliphatic heterocycles. The highest BCUT2D eigenvalue weighted by atomic mass is 16.6. The number of phenols is 1. The predicted octanol–water partition coefficient (Wildman–Crippen LogP) is 1.66. The molecule has 0 radical (unpaired) electrons. The number of hydrogen-bond acceptors (Lipinski definition) is 10. The monoisotopic (exact) mass is 527 g/mol. The topological polar surface area (TPSA) is 183 Å². The van der Waals surface area contributed by atoms with E-state index in [-0.39, 0.29) is 29.7 Å². The first kappa shape index (κ1) is 27.3. The van der Waals surface area contributed by atoms with Crippen molar-refractivity contribution in [2.45, 2.75) is 57.8 Å². The number of hydrogen-bond donors (Lipinski definition) is 5. The number of rotatable bonds is 4. The molecule has 4 atom stereocenters. The number of nitrogens with two attached hydrogens (primary N) is 1. The Morgan fingerprint density at radius 1 is 1.18 bits per heavy atom. The van der Waals surface area contributed by atoms with E-state index in [1.165, 1.54) is 11.0 Å². The SMILES string of the molecule is C/C(=N\OC(C)(C)C)c1ccc(O)c2c1CC1CC3C(N(C)C)C(O)=C(C(N)=O)C(=O)C3(O)C(O)=C1C2=O. The number of aliphatic hydroxyl groups is 3. The molecule has 3 aliphatic rings. The van der Waals surface area contributed by atoms with Crippen molar-refractivity contribution < 1.29 is 39.6 Å². The van der Waals surface area contributed by atoms with Gasteiger partial charge in [0.05, 0.1) is 17.3 Å². The van der Waals surface area contributed by atoms with Gasteiger partial charge in [-0.1, -0.05) is 5.16 Å². The number of aromatic hydroxyl groups is 1. The Labute approximate surface area is 219 Å². The van der Waals surface area contributed by atoms with Gasteiger partial charge in [-0.2, -0.15) is 0 Å². The number of phenolic OH excluding ortho intramolecular Hbond substituents is 1. The van der Waals surface area contributed by atoms with Crippen LogP contribution in [-0.2, 0) is 20.8 Å². The largest absolute Gasteiger partial charge is 0.510 e. The molecular weight excluding hydrogens is 494 g/mol. The van der Waals surface area contributed by atoms with Crippen molar-refractivity contribution in [3.8, 4) is 5.75 Å². The first-order valence-corrected chi connectivity index (χ1v) is 12.2. The molecule has 0 aromatic heterocycles. The molecule has 3 aliphatic carbocycles. The van der Waals surface area contributed by atoms with Crippen molar-refractivity contribution in [2.75, 3.05) is 14.1 Å². The smallest absolute Gasteiger partial charge is 0.255 e. The molecule has 0 saturated carbocycles. The van der Waals surface area contributed by atoms with E-state index in [0.29, 0.717) is 16.8 Å². The minimum atomic E-state index is -2.67. The van der Waals surface area contributed by atoms with E-state index >= 15 is 0 Å². The van der Waals surface area contributed by atoms with Gasteiger partial charge < -0.3 is 31.0 Å². The van der Waals surface area contributed by atoms with E-state index in [2.05, 4.69) is 5.16 Å². The zero-order chi connectivity index (χ0) is 28.5. The lowest BCUT2D eigenvalue weighted by molar-refractivity contribution is -0.148. The van der Waals surface area contributed by atoms with E-state index in [9.17, 15) is 34.8 Å². The number of amides is 1. The number of benzene rings is 1. The van der Waals surface area contributed by atoms with Crippen molar-refractivity contribution in [2.24, 2.45) is 22.7 Å². The van der Waals surface area contributed by atoms with Crippen LogP contribution in [0.3, 0.4) is 0 Å². The summed E-state index contributed by atoms with van der Waals surface area (Å²) in [6.07, 6.45) is 0.177. The normalized spacial score (nSPS) is 27.8. The van der Waals surface area contributed by atoms with Crippen LogP contribution in [0.4, 0.5) is 0 Å². The van der Waals surface area contributed by atoms with Gasteiger partial charge in [-0.25, -0.2) is 0 Å². The van der Waals surface area contributed by atoms with Crippen LogP contribution in [0.25, 0.3) is 0 Å². The molecule has 11 heteroatoms. The summed E-state index contributed by atoms with van der Waals surface area (Å²) in [5.41, 5.74) is 2.52. The Bertz CT molecular complexity index is 1350. The van der Waals surface area contributed by atoms with Gasteiger partial charge in [0.25, 0.3) is 5.91 Å². The average molecular weight is 528 g/mol. The number of ketones is 2. The molecule has 1 aromatic rings. The highest BCUT2D eigenvalue weighted by Crippen LogP contribution is 2.52. The van der Waals surface area contributed by atoms with Crippen LogP contribution in [0.1, 0.15) is 55.6 Å². The molecule has 4 rings (SSSR count). The zero-order valence-electron chi connectivity index (χ0n) is 22.2. The molecule has 0 fully saturated rings. The van der Waals surface area contributed by atoms with Crippen LogP contribution in [0.5, 0.6) is 5.75 Å². The lowest BCUT2D eigenvalue weighted by Crippen LogP contribution is -2.63. The molecule has 11 nitrogen and oxygen atoms in total. The number of allylic oxidation sites excluding steroid dienone is 1. The summed E-state index contributed by atoms with van der Waals surface area (Å²) in [5, 5.41) is 48.7. The zero-order valence-corrected chi connectivity index (χ0v) is 22.2. The van der Waals surface area contributed by atoms with Gasteiger partial charge in [-0.05, 0) is 78.2 Å². The van der Waals surface area contributed by atoms with Crippen LogP contribution in [0, 0.1) is 11.8 Å². The van der Waals surface area contributed by atoms with Crippen LogP contribution in [-0.4, -0.2) is 79.9 Å². The lowest BCUT2D eigenvalue weighted by Gasteiger charge is -2.50. The number of likely N-dealkylation sites (N-methyl/N-ethyl adjacent to an activating group) is 1. The van der Waals surface area contributed by atoms with Crippen molar-refractivity contribution in [1.82, 2.24) is 4.90 Å². The fourth-order valence-electron chi connectivity index (χ4n) is 5.84. The Kier molecular flexibility index (Phi) is 6.44. The van der Waals surface area contributed by atoms with Gasteiger partial charge >= 0.3 is 0 Å². The molecular formula is C27H33N3O8. The Morgan fingerprint density at radius 3 is 2.37 bits per heavy atom. The molecule has 0 bridgehead atoms. The first-order chi connectivity index (χ1) is 17.5. The van der Waals surface area contributed by atoms with Crippen LogP contribution >= 0.6 is 0 Å². The van der Waals surface area contributed by atoms with Gasteiger partial charge in [0.1, 0.15) is 28.4 Å². The number of oxime groups is 1. The van der Waals surface area contributed by atoms with Gasteiger partial charge in [0.15, 0.2) is 11.4 Å². The Balaban J connectivity index is 1.91. The van der Waals surface area contributed by atoms with E-state index in [4.69, 9.17) is 10.6 Å². The lowest BCUT2D eigenvalue weighted by atomic mass is 9.58. The van der Waals surface area contributed by atoms with E-state index < -0.39 is 63.6 Å². The number of fused-ring (bicyclic) bond motifs is 3. The number of primary amides is 1. The summed E-state index contributed by atoms with van der Waals surface area (Å²) >= 11 is 0. The second kappa shape index (κ2) is 8.95.